The second kappa shape index (κ2) is 5.44. The topological polar surface area (TPSA) is 89.8 Å². The number of rotatable bonds is 4. The summed E-state index contributed by atoms with van der Waals surface area (Å²) in [4.78, 5) is 0. The van der Waals surface area contributed by atoms with Crippen molar-refractivity contribution in [3.8, 4) is 5.69 Å². The first kappa shape index (κ1) is 14.0. The van der Waals surface area contributed by atoms with E-state index in [1.165, 1.54) is 12.6 Å². The lowest BCUT2D eigenvalue weighted by molar-refractivity contribution is 0.579. The van der Waals surface area contributed by atoms with Crippen LogP contribution < -0.4 is 5.32 Å². The van der Waals surface area contributed by atoms with Gasteiger partial charge in [-0.3, -0.25) is 0 Å². The normalized spacial score (nSPS) is 22.3. The van der Waals surface area contributed by atoms with Gasteiger partial charge in [0.05, 0.1) is 10.9 Å². The fraction of sp³-hybridized carbons (Fsp3) is 0.462. The molecule has 0 spiro atoms. The number of sulfone groups is 1. The van der Waals surface area contributed by atoms with Gasteiger partial charge in [0.2, 0.25) is 0 Å². The Morgan fingerprint density at radius 3 is 2.90 bits per heavy atom. The maximum atomic E-state index is 11.8. The third-order valence-corrected chi connectivity index (χ3v) is 5.48. The van der Waals surface area contributed by atoms with Gasteiger partial charge in [-0.05, 0) is 47.9 Å². The Bertz CT molecular complexity index is 714. The fourth-order valence-electron chi connectivity index (χ4n) is 2.84. The first-order valence-electron chi connectivity index (χ1n) is 6.83. The van der Waals surface area contributed by atoms with Crippen molar-refractivity contribution in [3.05, 3.63) is 30.6 Å². The predicted octanol–water partition coefficient (Wildman–Crippen LogP) is 1.04. The third-order valence-electron chi connectivity index (χ3n) is 3.81. The maximum Gasteiger partial charge on any atom is 0.152 e. The average Bonchev–Trinajstić information content (AvgIpc) is 3.09. The van der Waals surface area contributed by atoms with E-state index in [0.717, 1.165) is 30.6 Å². The first-order chi connectivity index (χ1) is 10.0. The van der Waals surface area contributed by atoms with E-state index >= 15 is 0 Å². The minimum atomic E-state index is -3.03. The molecule has 7 nitrogen and oxygen atoms in total. The Kier molecular flexibility index (Phi) is 3.62. The van der Waals surface area contributed by atoms with Gasteiger partial charge in [-0.1, -0.05) is 6.07 Å². The lowest BCUT2D eigenvalue weighted by Gasteiger charge is -2.21. The molecule has 1 aliphatic rings. The van der Waals surface area contributed by atoms with Gasteiger partial charge in [0.1, 0.15) is 6.33 Å². The van der Waals surface area contributed by atoms with Gasteiger partial charge in [0.15, 0.2) is 9.84 Å². The van der Waals surface area contributed by atoms with E-state index in [9.17, 15) is 8.42 Å². The third kappa shape index (κ3) is 3.05. The molecule has 0 bridgehead atoms. The number of nitrogens with one attached hydrogen (secondary N) is 1. The van der Waals surface area contributed by atoms with Crippen molar-refractivity contribution in [3.63, 3.8) is 0 Å². The summed E-state index contributed by atoms with van der Waals surface area (Å²) in [5, 5.41) is 14.1. The number of aromatic nitrogens is 4. The largest absolute Gasteiger partial charge is 0.381 e. The molecule has 2 atom stereocenters. The highest BCUT2D eigenvalue weighted by Gasteiger charge is 2.34. The standard InChI is InChI=1S/C13H17N5O2S/c1-21(19,20)13-7-3-6-12(13)15-10-4-2-5-11(8-10)18-9-14-16-17-18/h2,4-5,8-9,12-13,15H,3,6-7H2,1H3. The van der Waals surface area contributed by atoms with Crippen molar-refractivity contribution in [1.29, 1.82) is 0 Å². The molecule has 0 radical (unpaired) electrons. The summed E-state index contributed by atoms with van der Waals surface area (Å²) in [6, 6.07) is 7.58. The molecule has 2 unspecified atom stereocenters. The second-order valence-corrected chi connectivity index (χ2v) is 7.62. The number of hydrogen-bond acceptors (Lipinski definition) is 6. The molecule has 21 heavy (non-hydrogen) atoms. The Labute approximate surface area is 123 Å². The highest BCUT2D eigenvalue weighted by molar-refractivity contribution is 7.91. The van der Waals surface area contributed by atoms with E-state index in [-0.39, 0.29) is 11.3 Å². The molecule has 1 aliphatic carbocycles. The highest BCUT2D eigenvalue weighted by atomic mass is 32.2. The van der Waals surface area contributed by atoms with Crippen LogP contribution in [0.5, 0.6) is 0 Å². The Morgan fingerprint density at radius 1 is 1.33 bits per heavy atom. The SMILES string of the molecule is CS(=O)(=O)C1CCCC1Nc1cccc(-n2cnnn2)c1. The van der Waals surface area contributed by atoms with E-state index in [1.807, 2.05) is 24.3 Å². The molecule has 0 amide bonds. The Morgan fingerprint density at radius 2 is 2.19 bits per heavy atom. The van der Waals surface area contributed by atoms with Crippen LogP contribution in [0.15, 0.2) is 30.6 Å². The molecule has 1 heterocycles. The first-order valence-corrected chi connectivity index (χ1v) is 8.78. The molecule has 2 aromatic rings. The molecule has 1 saturated carbocycles. The number of benzene rings is 1. The fourth-order valence-corrected chi connectivity index (χ4v) is 4.23. The van der Waals surface area contributed by atoms with Crippen molar-refractivity contribution < 1.29 is 8.42 Å². The van der Waals surface area contributed by atoms with E-state index in [4.69, 9.17) is 0 Å². The maximum absolute atomic E-state index is 11.8. The summed E-state index contributed by atoms with van der Waals surface area (Å²) in [6.07, 6.45) is 5.36. The zero-order chi connectivity index (χ0) is 14.9. The molecule has 1 aromatic carbocycles. The van der Waals surface area contributed by atoms with Crippen LogP contribution in [0.25, 0.3) is 5.69 Å². The molecular weight excluding hydrogens is 290 g/mol. The molecular formula is C13H17N5O2S. The lowest BCUT2D eigenvalue weighted by Crippen LogP contribution is -2.34. The van der Waals surface area contributed by atoms with E-state index in [2.05, 4.69) is 20.8 Å². The van der Waals surface area contributed by atoms with Crippen molar-refractivity contribution in [2.24, 2.45) is 0 Å². The smallest absolute Gasteiger partial charge is 0.152 e. The molecule has 3 rings (SSSR count). The molecule has 1 N–H and O–H groups in total. The Balaban J connectivity index is 1.81. The van der Waals surface area contributed by atoms with Crippen LogP contribution in [0, 0.1) is 0 Å². The second-order valence-electron chi connectivity index (χ2n) is 5.35. The summed E-state index contributed by atoms with van der Waals surface area (Å²) in [6.45, 7) is 0. The monoisotopic (exact) mass is 307 g/mol. The van der Waals surface area contributed by atoms with Gasteiger partial charge in [-0.15, -0.1) is 5.10 Å². The summed E-state index contributed by atoms with van der Waals surface area (Å²) in [5.41, 5.74) is 1.71. The van der Waals surface area contributed by atoms with Crippen molar-refractivity contribution >= 4 is 15.5 Å². The van der Waals surface area contributed by atoms with Crippen LogP contribution in [-0.4, -0.2) is 46.2 Å². The quantitative estimate of drug-likeness (QED) is 0.907. The highest BCUT2D eigenvalue weighted by Crippen LogP contribution is 2.28. The average molecular weight is 307 g/mol. The van der Waals surface area contributed by atoms with Crippen LogP contribution in [0.1, 0.15) is 19.3 Å². The van der Waals surface area contributed by atoms with Gasteiger partial charge in [-0.25, -0.2) is 13.1 Å². The van der Waals surface area contributed by atoms with Crippen molar-refractivity contribution in [2.75, 3.05) is 11.6 Å². The predicted molar refractivity (Wildman–Crippen MR) is 79.0 cm³/mol. The molecule has 0 aliphatic heterocycles. The molecule has 8 heteroatoms. The minimum absolute atomic E-state index is 0.0379. The lowest BCUT2D eigenvalue weighted by atomic mass is 10.2. The van der Waals surface area contributed by atoms with Gasteiger partial charge >= 0.3 is 0 Å². The van der Waals surface area contributed by atoms with Crippen LogP contribution in [0.3, 0.4) is 0 Å². The molecule has 112 valence electrons. The number of hydrogen-bond donors (Lipinski definition) is 1. The zero-order valence-corrected chi connectivity index (χ0v) is 12.5. The molecule has 1 fully saturated rings. The Hall–Kier alpha value is -1.96. The van der Waals surface area contributed by atoms with Crippen molar-refractivity contribution in [1.82, 2.24) is 20.2 Å². The van der Waals surface area contributed by atoms with Crippen LogP contribution >= 0.6 is 0 Å². The van der Waals surface area contributed by atoms with Crippen LogP contribution in [0.2, 0.25) is 0 Å². The van der Waals surface area contributed by atoms with Gasteiger partial charge in [-0.2, -0.15) is 0 Å². The summed E-state index contributed by atoms with van der Waals surface area (Å²) >= 11 is 0. The number of tetrazole rings is 1. The summed E-state index contributed by atoms with van der Waals surface area (Å²) < 4.78 is 25.2. The summed E-state index contributed by atoms with van der Waals surface area (Å²) in [7, 11) is -3.03. The van der Waals surface area contributed by atoms with Crippen LogP contribution in [-0.2, 0) is 9.84 Å². The van der Waals surface area contributed by atoms with Crippen LogP contribution in [0.4, 0.5) is 5.69 Å². The van der Waals surface area contributed by atoms with Gasteiger partial charge in [0, 0.05) is 18.0 Å². The molecule has 0 saturated heterocycles. The van der Waals surface area contributed by atoms with Crippen molar-refractivity contribution in [2.45, 2.75) is 30.6 Å². The van der Waals surface area contributed by atoms with E-state index in [0.29, 0.717) is 0 Å². The molecule has 1 aromatic heterocycles. The van der Waals surface area contributed by atoms with E-state index in [1.54, 1.807) is 4.68 Å². The minimum Gasteiger partial charge on any atom is -0.381 e. The summed E-state index contributed by atoms with van der Waals surface area (Å²) in [5.74, 6) is 0. The van der Waals surface area contributed by atoms with Gasteiger partial charge in [0.25, 0.3) is 0 Å². The number of anilines is 1. The van der Waals surface area contributed by atoms with E-state index < -0.39 is 9.84 Å². The van der Waals surface area contributed by atoms with Gasteiger partial charge < -0.3 is 5.32 Å². The zero-order valence-electron chi connectivity index (χ0n) is 11.7. The number of nitrogens with zero attached hydrogens (tertiary/aromatic N) is 4.